The van der Waals surface area contributed by atoms with Gasteiger partial charge in [-0.25, -0.2) is 0 Å². The summed E-state index contributed by atoms with van der Waals surface area (Å²) >= 11 is 0. The number of aryl methyl sites for hydroxylation is 1. The number of nitrogens with zero attached hydrogens (tertiary/aromatic N) is 3. The number of hydrogen-bond donors (Lipinski definition) is 1. The molecule has 0 spiro atoms. The monoisotopic (exact) mass is 343 g/mol. The molecule has 1 aliphatic rings. The van der Waals surface area contributed by atoms with Gasteiger partial charge < -0.3 is 9.84 Å². The first kappa shape index (κ1) is 18.1. The fourth-order valence-corrected chi connectivity index (χ4v) is 3.60. The van der Waals surface area contributed by atoms with E-state index in [0.717, 1.165) is 50.5 Å². The van der Waals surface area contributed by atoms with Crippen molar-refractivity contribution in [3.05, 3.63) is 52.8 Å². The number of benzene rings is 1. The maximum absolute atomic E-state index is 9.22. The van der Waals surface area contributed by atoms with Crippen molar-refractivity contribution in [1.82, 2.24) is 14.7 Å². The van der Waals surface area contributed by atoms with E-state index in [4.69, 9.17) is 4.74 Å². The minimum Gasteiger partial charge on any atom is -0.394 e. The first-order valence-corrected chi connectivity index (χ1v) is 9.18. The van der Waals surface area contributed by atoms with E-state index in [-0.39, 0.29) is 6.61 Å². The van der Waals surface area contributed by atoms with E-state index in [1.54, 1.807) is 0 Å². The van der Waals surface area contributed by atoms with E-state index in [1.807, 2.05) is 4.68 Å². The van der Waals surface area contributed by atoms with Gasteiger partial charge in [-0.3, -0.25) is 9.58 Å². The van der Waals surface area contributed by atoms with Crippen LogP contribution in [0.2, 0.25) is 0 Å². The van der Waals surface area contributed by atoms with Crippen molar-refractivity contribution in [1.29, 1.82) is 0 Å². The quantitative estimate of drug-likeness (QED) is 0.799. The molecule has 2 heterocycles. The van der Waals surface area contributed by atoms with E-state index >= 15 is 0 Å². The van der Waals surface area contributed by atoms with Crippen molar-refractivity contribution in [2.45, 2.75) is 45.8 Å². The van der Waals surface area contributed by atoms with Crippen LogP contribution in [0.5, 0.6) is 0 Å². The molecular weight excluding hydrogens is 314 g/mol. The average molecular weight is 343 g/mol. The zero-order chi connectivity index (χ0) is 17.6. The number of rotatable bonds is 8. The molecule has 1 atom stereocenters. The highest BCUT2D eigenvalue weighted by atomic mass is 16.5. The molecule has 0 amide bonds. The van der Waals surface area contributed by atoms with E-state index in [1.165, 1.54) is 11.1 Å². The second kappa shape index (κ2) is 8.61. The molecule has 0 saturated carbocycles. The lowest BCUT2D eigenvalue weighted by Gasteiger charge is -2.28. The Labute approximate surface area is 150 Å². The molecule has 1 fully saturated rings. The van der Waals surface area contributed by atoms with Crippen LogP contribution in [0, 0.1) is 13.8 Å². The van der Waals surface area contributed by atoms with Gasteiger partial charge in [0.1, 0.15) is 0 Å². The smallest absolute Gasteiger partial charge is 0.0644 e. The van der Waals surface area contributed by atoms with Gasteiger partial charge in [0.15, 0.2) is 0 Å². The van der Waals surface area contributed by atoms with Gasteiger partial charge >= 0.3 is 0 Å². The Hall–Kier alpha value is -1.69. The molecule has 1 aromatic carbocycles. The molecule has 0 aliphatic carbocycles. The molecule has 3 rings (SSSR count). The van der Waals surface area contributed by atoms with E-state index in [0.29, 0.717) is 12.6 Å². The molecule has 5 heteroatoms. The summed E-state index contributed by atoms with van der Waals surface area (Å²) in [5.74, 6) is 0. The first-order chi connectivity index (χ1) is 12.2. The van der Waals surface area contributed by atoms with Crippen LogP contribution in [0.15, 0.2) is 30.3 Å². The standard InChI is InChI=1S/C20H29N3O2/c1-16-20(17(2)23(21-16)11-12-24)14-22(19-9-13-25-15-19)10-8-18-6-4-3-5-7-18/h3-7,19,24H,8-15H2,1-2H3. The van der Waals surface area contributed by atoms with Crippen molar-refractivity contribution in [2.24, 2.45) is 0 Å². The highest BCUT2D eigenvalue weighted by Crippen LogP contribution is 2.21. The molecule has 1 saturated heterocycles. The minimum atomic E-state index is 0.121. The lowest BCUT2D eigenvalue weighted by atomic mass is 10.1. The van der Waals surface area contributed by atoms with Crippen LogP contribution in [-0.4, -0.2) is 52.2 Å². The van der Waals surface area contributed by atoms with Crippen molar-refractivity contribution in [2.75, 3.05) is 26.4 Å². The Morgan fingerprint density at radius 2 is 2.08 bits per heavy atom. The highest BCUT2D eigenvalue weighted by Gasteiger charge is 2.25. The van der Waals surface area contributed by atoms with Crippen LogP contribution in [-0.2, 0) is 24.2 Å². The van der Waals surface area contributed by atoms with Crippen molar-refractivity contribution in [3.63, 3.8) is 0 Å². The van der Waals surface area contributed by atoms with Crippen LogP contribution >= 0.6 is 0 Å². The summed E-state index contributed by atoms with van der Waals surface area (Å²) in [6.07, 6.45) is 2.14. The molecule has 136 valence electrons. The second-order valence-corrected chi connectivity index (χ2v) is 6.82. The molecular formula is C20H29N3O2. The summed E-state index contributed by atoms with van der Waals surface area (Å²) in [4.78, 5) is 2.54. The predicted octanol–water partition coefficient (Wildman–Crippen LogP) is 2.33. The third kappa shape index (κ3) is 4.48. The second-order valence-electron chi connectivity index (χ2n) is 6.82. The molecule has 25 heavy (non-hydrogen) atoms. The van der Waals surface area contributed by atoms with Crippen LogP contribution in [0.1, 0.15) is 28.9 Å². The highest BCUT2D eigenvalue weighted by molar-refractivity contribution is 5.25. The zero-order valence-electron chi connectivity index (χ0n) is 15.3. The van der Waals surface area contributed by atoms with E-state index in [2.05, 4.69) is 54.2 Å². The van der Waals surface area contributed by atoms with Crippen LogP contribution in [0.3, 0.4) is 0 Å². The number of ether oxygens (including phenoxy) is 1. The number of hydrogen-bond acceptors (Lipinski definition) is 4. The Morgan fingerprint density at radius 3 is 2.76 bits per heavy atom. The fraction of sp³-hybridized carbons (Fsp3) is 0.550. The largest absolute Gasteiger partial charge is 0.394 e. The maximum atomic E-state index is 9.22. The summed E-state index contributed by atoms with van der Waals surface area (Å²) < 4.78 is 7.56. The molecule has 1 N–H and O–H groups in total. The van der Waals surface area contributed by atoms with Crippen molar-refractivity contribution in [3.8, 4) is 0 Å². The van der Waals surface area contributed by atoms with Crippen LogP contribution in [0.4, 0.5) is 0 Å². The predicted molar refractivity (Wildman–Crippen MR) is 98.6 cm³/mol. The van der Waals surface area contributed by atoms with Gasteiger partial charge in [0.25, 0.3) is 0 Å². The molecule has 0 radical (unpaired) electrons. The Kier molecular flexibility index (Phi) is 6.24. The Bertz CT molecular complexity index is 663. The molecule has 2 aromatic rings. The molecule has 0 bridgehead atoms. The summed E-state index contributed by atoms with van der Waals surface area (Å²) in [6.45, 7) is 8.43. The van der Waals surface area contributed by atoms with Crippen molar-refractivity contribution < 1.29 is 9.84 Å². The Balaban J connectivity index is 1.73. The maximum Gasteiger partial charge on any atom is 0.0644 e. The van der Waals surface area contributed by atoms with Gasteiger partial charge in [-0.05, 0) is 32.3 Å². The van der Waals surface area contributed by atoms with Gasteiger partial charge in [0.2, 0.25) is 0 Å². The van der Waals surface area contributed by atoms with Crippen LogP contribution < -0.4 is 0 Å². The molecule has 1 aliphatic heterocycles. The number of aliphatic hydroxyl groups excluding tert-OH is 1. The lowest BCUT2D eigenvalue weighted by Crippen LogP contribution is -2.37. The minimum absolute atomic E-state index is 0.121. The first-order valence-electron chi connectivity index (χ1n) is 9.18. The van der Waals surface area contributed by atoms with Gasteiger partial charge in [0, 0.05) is 37.0 Å². The van der Waals surface area contributed by atoms with E-state index in [9.17, 15) is 5.11 Å². The van der Waals surface area contributed by atoms with Gasteiger partial charge in [-0.15, -0.1) is 0 Å². The Morgan fingerprint density at radius 1 is 1.28 bits per heavy atom. The number of aliphatic hydroxyl groups is 1. The van der Waals surface area contributed by atoms with E-state index < -0.39 is 0 Å². The van der Waals surface area contributed by atoms with Gasteiger partial charge in [-0.1, -0.05) is 30.3 Å². The summed E-state index contributed by atoms with van der Waals surface area (Å²) in [7, 11) is 0. The summed E-state index contributed by atoms with van der Waals surface area (Å²) in [5.41, 5.74) is 4.88. The SMILES string of the molecule is Cc1nn(CCO)c(C)c1CN(CCc1ccccc1)C1CCOC1. The number of aromatic nitrogens is 2. The topological polar surface area (TPSA) is 50.5 Å². The molecule has 1 unspecified atom stereocenters. The van der Waals surface area contributed by atoms with Crippen LogP contribution in [0.25, 0.3) is 0 Å². The van der Waals surface area contributed by atoms with Gasteiger partial charge in [-0.2, -0.15) is 5.10 Å². The van der Waals surface area contributed by atoms with Crippen molar-refractivity contribution >= 4 is 0 Å². The fourth-order valence-electron chi connectivity index (χ4n) is 3.60. The van der Waals surface area contributed by atoms with Gasteiger partial charge in [0.05, 0.1) is 25.5 Å². The lowest BCUT2D eigenvalue weighted by molar-refractivity contribution is 0.139. The molecule has 5 nitrogen and oxygen atoms in total. The normalized spacial score (nSPS) is 17.5. The summed E-state index contributed by atoms with van der Waals surface area (Å²) in [5, 5.41) is 13.8. The third-order valence-corrected chi connectivity index (χ3v) is 5.16. The zero-order valence-corrected chi connectivity index (χ0v) is 15.3. The third-order valence-electron chi connectivity index (χ3n) is 5.16. The summed E-state index contributed by atoms with van der Waals surface area (Å²) in [6, 6.07) is 11.1. The molecule has 1 aromatic heterocycles. The average Bonchev–Trinajstić information content (AvgIpc) is 3.24.